The molecule has 1 aromatic rings. The summed E-state index contributed by atoms with van der Waals surface area (Å²) in [4.78, 5) is 32.9. The topological polar surface area (TPSA) is 112 Å². The summed E-state index contributed by atoms with van der Waals surface area (Å²) in [5, 5.41) is 5.83. The van der Waals surface area contributed by atoms with Crippen LogP contribution < -0.4 is 16.4 Å². The molecule has 2 aliphatic heterocycles. The lowest BCUT2D eigenvalue weighted by Gasteiger charge is -2.20. The lowest BCUT2D eigenvalue weighted by Crippen LogP contribution is -2.24. The Morgan fingerprint density at radius 3 is 2.77 bits per heavy atom. The van der Waals surface area contributed by atoms with Gasteiger partial charge in [0, 0.05) is 24.9 Å². The molecule has 2 heterocycles. The van der Waals surface area contributed by atoms with Gasteiger partial charge in [0.15, 0.2) is 0 Å². The van der Waals surface area contributed by atoms with E-state index in [-0.39, 0.29) is 18.9 Å². The molecule has 4 rings (SSSR count). The summed E-state index contributed by atoms with van der Waals surface area (Å²) in [5.74, 6) is -0.887. The molecule has 0 bridgehead atoms. The molecule has 0 aromatic heterocycles. The molecule has 0 spiro atoms. The van der Waals surface area contributed by atoms with E-state index in [1.54, 1.807) is 18.6 Å². The number of allylic oxidation sites excluding steroid dienone is 5. The summed E-state index contributed by atoms with van der Waals surface area (Å²) in [7, 11) is 0. The zero-order valence-electron chi connectivity index (χ0n) is 21.9. The molecule has 0 radical (unpaired) electrons. The number of anilines is 1. The van der Waals surface area contributed by atoms with E-state index < -0.39 is 23.5 Å². The number of nitrogens with one attached hydrogen (secondary N) is 2. The lowest BCUT2D eigenvalue weighted by atomic mass is 10.0. The Hall–Kier alpha value is -3.92. The van der Waals surface area contributed by atoms with Crippen LogP contribution in [0.5, 0.6) is 0 Å². The van der Waals surface area contributed by atoms with Crippen LogP contribution in [0.4, 0.5) is 14.5 Å². The van der Waals surface area contributed by atoms with Crippen LogP contribution in [0, 0.1) is 0 Å². The number of amidine groups is 1. The molecule has 39 heavy (non-hydrogen) atoms. The number of likely N-dealkylation sites (tertiary alicyclic amines) is 1. The number of aliphatic imine (C=N–C) groups is 2. The second kappa shape index (κ2) is 16.1. The molecule has 1 fully saturated rings. The monoisotopic (exact) mass is 538 g/mol. The van der Waals surface area contributed by atoms with Gasteiger partial charge in [0.05, 0.1) is 18.0 Å². The number of alkyl halides is 1. The van der Waals surface area contributed by atoms with Crippen molar-refractivity contribution < 1.29 is 18.4 Å². The zero-order valence-corrected chi connectivity index (χ0v) is 21.9. The number of nitrogens with two attached hydrogens (primary N) is 1. The Balaban J connectivity index is 0.00000134. The fourth-order valence-corrected chi connectivity index (χ4v) is 4.50. The first-order chi connectivity index (χ1) is 19.0. The van der Waals surface area contributed by atoms with Gasteiger partial charge < -0.3 is 21.3 Å². The minimum Gasteiger partial charge on any atom is -0.372 e. The van der Waals surface area contributed by atoms with Crippen molar-refractivity contribution >= 4 is 30.2 Å². The molecule has 0 saturated carbocycles. The van der Waals surface area contributed by atoms with E-state index in [1.807, 2.05) is 30.4 Å². The molecule has 8 nitrogen and oxygen atoms in total. The summed E-state index contributed by atoms with van der Waals surface area (Å²) < 4.78 is 28.3. The second-order valence-electron chi connectivity index (χ2n) is 9.24. The quantitative estimate of drug-likeness (QED) is 0.439. The van der Waals surface area contributed by atoms with Crippen molar-refractivity contribution in [3.05, 3.63) is 77.8 Å². The molecule has 2 amide bonds. The standard InChI is InChI=1S/C28H33F2N5O.CH3NO/c29-23-11-8-12-24(30)27(23)28(36)33-22-10-7-9-21(19-22)25(14-18-35-16-5-6-17-35)34-26-13-3-1-2-4-15-31-20-32-26;2-1-3/h3-4,7-11,13,15,19-20,24-25H,1-2,5-6,12,14,16-18H2,(H,33,36)(H,31,32,34);1H,(H2,2,3)/b13-3?,15-4+;. The number of nitrogens with zero attached hydrogens (tertiary/aromatic N) is 3. The van der Waals surface area contributed by atoms with Gasteiger partial charge in [-0.1, -0.05) is 30.4 Å². The Kier molecular flexibility index (Phi) is 12.3. The molecule has 1 aromatic carbocycles. The van der Waals surface area contributed by atoms with Crippen LogP contribution in [0.1, 0.15) is 50.1 Å². The maximum atomic E-state index is 14.2. The number of halogens is 2. The third-order valence-electron chi connectivity index (χ3n) is 6.42. The molecule has 1 aliphatic carbocycles. The van der Waals surface area contributed by atoms with E-state index in [0.29, 0.717) is 11.5 Å². The van der Waals surface area contributed by atoms with E-state index >= 15 is 0 Å². The third kappa shape index (κ3) is 9.72. The van der Waals surface area contributed by atoms with E-state index in [2.05, 4.69) is 32.3 Å². The van der Waals surface area contributed by atoms with E-state index in [0.717, 1.165) is 50.5 Å². The zero-order chi connectivity index (χ0) is 27.9. The molecule has 2 atom stereocenters. The van der Waals surface area contributed by atoms with Crippen LogP contribution >= 0.6 is 0 Å². The first-order valence-corrected chi connectivity index (χ1v) is 13.2. The van der Waals surface area contributed by atoms with Crippen molar-refractivity contribution in [1.82, 2.24) is 10.2 Å². The fraction of sp³-hybridized carbons (Fsp3) is 0.379. The first-order valence-electron chi connectivity index (χ1n) is 13.2. The normalized spacial score (nSPS) is 22.0. The third-order valence-corrected chi connectivity index (χ3v) is 6.42. The maximum absolute atomic E-state index is 14.2. The molecule has 2 unspecified atom stereocenters. The summed E-state index contributed by atoms with van der Waals surface area (Å²) in [6.45, 7) is 3.10. The SMILES string of the molecule is NC=O.O=C(Nc1cccc(C(CCN2CCCC2)N=C2C=CCC/C=C/N=CN2)c1)C1=C(F)C=CCC1F. The van der Waals surface area contributed by atoms with Gasteiger partial charge in [-0.15, -0.1) is 0 Å². The van der Waals surface area contributed by atoms with Gasteiger partial charge >= 0.3 is 0 Å². The van der Waals surface area contributed by atoms with Gasteiger partial charge in [-0.25, -0.2) is 13.8 Å². The van der Waals surface area contributed by atoms with Gasteiger partial charge in [-0.05, 0) is 75.0 Å². The molecule has 208 valence electrons. The van der Waals surface area contributed by atoms with Crippen LogP contribution in [0.15, 0.2) is 82.2 Å². The van der Waals surface area contributed by atoms with Gasteiger partial charge in [-0.3, -0.25) is 14.6 Å². The minimum atomic E-state index is -1.65. The van der Waals surface area contributed by atoms with Crippen LogP contribution in [0.3, 0.4) is 0 Å². The predicted octanol–water partition coefficient (Wildman–Crippen LogP) is 4.66. The summed E-state index contributed by atoms with van der Waals surface area (Å²) in [6, 6.07) is 7.17. The average molecular weight is 539 g/mol. The number of hydrogen-bond donors (Lipinski definition) is 3. The van der Waals surface area contributed by atoms with E-state index in [1.165, 1.54) is 18.9 Å². The number of amides is 2. The fourth-order valence-electron chi connectivity index (χ4n) is 4.50. The Morgan fingerprint density at radius 1 is 1.23 bits per heavy atom. The average Bonchev–Trinajstić information content (AvgIpc) is 3.44. The van der Waals surface area contributed by atoms with Crippen LogP contribution in [0.2, 0.25) is 0 Å². The molecule has 1 saturated heterocycles. The van der Waals surface area contributed by atoms with Crippen LogP contribution in [-0.4, -0.2) is 55.2 Å². The number of benzene rings is 1. The highest BCUT2D eigenvalue weighted by molar-refractivity contribution is 6.05. The number of hydrogen-bond acceptors (Lipinski definition) is 5. The number of primary amides is 1. The van der Waals surface area contributed by atoms with Crippen LogP contribution in [-0.2, 0) is 9.59 Å². The predicted molar refractivity (Wildman–Crippen MR) is 152 cm³/mol. The highest BCUT2D eigenvalue weighted by atomic mass is 19.1. The summed E-state index contributed by atoms with van der Waals surface area (Å²) >= 11 is 0. The largest absolute Gasteiger partial charge is 0.372 e. The lowest BCUT2D eigenvalue weighted by molar-refractivity contribution is -0.113. The van der Waals surface area contributed by atoms with Crippen molar-refractivity contribution in [3.63, 3.8) is 0 Å². The first kappa shape index (κ1) is 29.6. The van der Waals surface area contributed by atoms with Gasteiger partial charge in [-0.2, -0.15) is 0 Å². The highest BCUT2D eigenvalue weighted by Gasteiger charge is 2.26. The maximum Gasteiger partial charge on any atom is 0.257 e. The van der Waals surface area contributed by atoms with E-state index in [9.17, 15) is 13.6 Å². The number of carbonyl (C=O) groups excluding carboxylic acids is 2. The second-order valence-corrected chi connectivity index (χ2v) is 9.24. The Bertz CT molecular complexity index is 1150. The van der Waals surface area contributed by atoms with Crippen molar-refractivity contribution in [2.24, 2.45) is 15.7 Å². The summed E-state index contributed by atoms with van der Waals surface area (Å²) in [5.41, 5.74) is 5.10. The van der Waals surface area contributed by atoms with E-state index in [4.69, 9.17) is 9.79 Å². The molecular formula is C29H36F2N6O2. The molecule has 10 heteroatoms. The van der Waals surface area contributed by atoms with Gasteiger partial charge in [0.25, 0.3) is 5.91 Å². The van der Waals surface area contributed by atoms with Crippen molar-refractivity contribution in [1.29, 1.82) is 0 Å². The smallest absolute Gasteiger partial charge is 0.257 e. The Labute approximate surface area is 228 Å². The van der Waals surface area contributed by atoms with Crippen molar-refractivity contribution in [2.45, 2.75) is 50.7 Å². The van der Waals surface area contributed by atoms with Gasteiger partial charge in [0.2, 0.25) is 6.41 Å². The number of rotatable bonds is 7. The molecular weight excluding hydrogens is 502 g/mol. The highest BCUT2D eigenvalue weighted by Crippen LogP contribution is 2.28. The van der Waals surface area contributed by atoms with Crippen molar-refractivity contribution in [3.8, 4) is 0 Å². The Morgan fingerprint density at radius 2 is 2.00 bits per heavy atom. The molecule has 3 aliphatic rings. The summed E-state index contributed by atoms with van der Waals surface area (Å²) in [6.07, 6.45) is 15.6. The number of carbonyl (C=O) groups is 2. The minimum absolute atomic E-state index is 0.00804. The molecule has 4 N–H and O–H groups in total. The van der Waals surface area contributed by atoms with Crippen molar-refractivity contribution in [2.75, 3.05) is 25.0 Å². The van der Waals surface area contributed by atoms with Gasteiger partial charge in [0.1, 0.15) is 17.8 Å². The van der Waals surface area contributed by atoms with Crippen LogP contribution in [0.25, 0.3) is 0 Å².